The average molecular weight is 438 g/mol. The van der Waals surface area contributed by atoms with Gasteiger partial charge in [0.05, 0.1) is 10.6 Å². The van der Waals surface area contributed by atoms with Gasteiger partial charge in [0.15, 0.2) is 0 Å². The van der Waals surface area contributed by atoms with Crippen molar-refractivity contribution in [2.75, 3.05) is 51.6 Å². The number of nitrogens with one attached hydrogen (secondary N) is 3. The van der Waals surface area contributed by atoms with Gasteiger partial charge in [-0.05, 0) is 37.1 Å². The summed E-state index contributed by atoms with van der Waals surface area (Å²) in [5, 5.41) is 8.95. The molecule has 1 fully saturated rings. The largest absolute Gasteiger partial charge is 0.352 e. The van der Waals surface area contributed by atoms with Crippen molar-refractivity contribution >= 4 is 29.2 Å². The molecule has 0 spiro atoms. The van der Waals surface area contributed by atoms with Crippen LogP contribution in [0.4, 0.5) is 10.5 Å². The van der Waals surface area contributed by atoms with E-state index in [0.717, 1.165) is 26.2 Å². The van der Waals surface area contributed by atoms with E-state index in [1.807, 2.05) is 13.8 Å². The van der Waals surface area contributed by atoms with E-state index < -0.39 is 0 Å². The standard InChI is InChI=1S/C22H36ClN5O2/c1-15(2)13-24-21(29)18-7-6-17(12-19(18)23)26-22(30)25-14-20(16(3)4)28-10-8-27(5)9-11-28/h6-7,12,15-16,20H,8-11,13-14H2,1-5H3,(H,24,29)(H2,25,26,30). The number of likely N-dealkylation sites (N-methyl/N-ethyl adjacent to an activating group) is 1. The van der Waals surface area contributed by atoms with Crippen LogP contribution >= 0.6 is 11.6 Å². The second-order valence-electron chi connectivity index (χ2n) is 8.78. The molecule has 1 unspecified atom stereocenters. The quantitative estimate of drug-likeness (QED) is 0.584. The van der Waals surface area contributed by atoms with Gasteiger partial charge < -0.3 is 20.9 Å². The SMILES string of the molecule is CC(C)CNC(=O)c1ccc(NC(=O)NCC(C(C)C)N2CCN(C)CC2)cc1Cl. The van der Waals surface area contributed by atoms with Gasteiger partial charge in [0.25, 0.3) is 5.91 Å². The highest BCUT2D eigenvalue weighted by molar-refractivity contribution is 6.34. The van der Waals surface area contributed by atoms with Crippen LogP contribution in [-0.4, -0.2) is 74.1 Å². The van der Waals surface area contributed by atoms with E-state index in [9.17, 15) is 9.59 Å². The molecule has 1 atom stereocenters. The number of piperazine rings is 1. The maximum absolute atomic E-state index is 12.4. The Bertz CT molecular complexity index is 717. The van der Waals surface area contributed by atoms with Crippen LogP contribution in [0.3, 0.4) is 0 Å². The minimum atomic E-state index is -0.275. The van der Waals surface area contributed by atoms with Crippen molar-refractivity contribution in [1.29, 1.82) is 0 Å². The highest BCUT2D eigenvalue weighted by Gasteiger charge is 2.25. The van der Waals surface area contributed by atoms with E-state index in [2.05, 4.69) is 46.6 Å². The van der Waals surface area contributed by atoms with Crippen LogP contribution in [0.15, 0.2) is 18.2 Å². The number of hydrogen-bond acceptors (Lipinski definition) is 4. The zero-order chi connectivity index (χ0) is 22.3. The van der Waals surface area contributed by atoms with Gasteiger partial charge in [-0.2, -0.15) is 0 Å². The van der Waals surface area contributed by atoms with Gasteiger partial charge in [-0.15, -0.1) is 0 Å². The Hall–Kier alpha value is -1.83. The third-order valence-electron chi connectivity index (χ3n) is 5.39. The Morgan fingerprint density at radius 2 is 1.70 bits per heavy atom. The second kappa shape index (κ2) is 11.5. The number of anilines is 1. The van der Waals surface area contributed by atoms with E-state index in [4.69, 9.17) is 11.6 Å². The van der Waals surface area contributed by atoms with Crippen LogP contribution < -0.4 is 16.0 Å². The highest BCUT2D eigenvalue weighted by Crippen LogP contribution is 2.21. The Kier molecular flexibility index (Phi) is 9.39. The topological polar surface area (TPSA) is 76.7 Å². The molecule has 2 rings (SSSR count). The average Bonchev–Trinajstić information content (AvgIpc) is 2.67. The molecular weight excluding hydrogens is 402 g/mol. The number of amides is 3. The number of urea groups is 1. The first-order chi connectivity index (χ1) is 14.2. The summed E-state index contributed by atoms with van der Waals surface area (Å²) >= 11 is 6.26. The molecule has 0 bridgehead atoms. The Balaban J connectivity index is 1.89. The first kappa shape index (κ1) is 24.4. The van der Waals surface area contributed by atoms with Crippen molar-refractivity contribution in [2.24, 2.45) is 11.8 Å². The number of benzene rings is 1. The number of hydrogen-bond donors (Lipinski definition) is 3. The van der Waals surface area contributed by atoms with Crippen LogP contribution in [0, 0.1) is 11.8 Å². The highest BCUT2D eigenvalue weighted by atomic mass is 35.5. The third kappa shape index (κ3) is 7.45. The third-order valence-corrected chi connectivity index (χ3v) is 5.70. The summed E-state index contributed by atoms with van der Waals surface area (Å²) < 4.78 is 0. The molecule has 0 radical (unpaired) electrons. The molecule has 1 aromatic carbocycles. The van der Waals surface area contributed by atoms with Gasteiger partial charge in [-0.3, -0.25) is 9.69 Å². The van der Waals surface area contributed by atoms with Gasteiger partial charge >= 0.3 is 6.03 Å². The lowest BCUT2D eigenvalue weighted by Crippen LogP contribution is -2.54. The number of halogens is 1. The van der Waals surface area contributed by atoms with Crippen molar-refractivity contribution in [2.45, 2.75) is 33.7 Å². The monoisotopic (exact) mass is 437 g/mol. The Labute approximate surface area is 185 Å². The minimum absolute atomic E-state index is 0.211. The molecular formula is C22H36ClN5O2. The van der Waals surface area contributed by atoms with Gasteiger partial charge in [-0.25, -0.2) is 4.79 Å². The molecule has 8 heteroatoms. The first-order valence-corrected chi connectivity index (χ1v) is 11.1. The minimum Gasteiger partial charge on any atom is -0.352 e. The molecule has 3 amide bonds. The first-order valence-electron chi connectivity index (χ1n) is 10.7. The van der Waals surface area contributed by atoms with Crippen molar-refractivity contribution < 1.29 is 9.59 Å². The van der Waals surface area contributed by atoms with Crippen LogP contribution in [0.2, 0.25) is 5.02 Å². The lowest BCUT2D eigenvalue weighted by molar-refractivity contribution is 0.0890. The maximum Gasteiger partial charge on any atom is 0.319 e. The van der Waals surface area contributed by atoms with Crippen LogP contribution in [0.1, 0.15) is 38.1 Å². The maximum atomic E-state index is 12.4. The van der Waals surface area contributed by atoms with Gasteiger partial charge in [0.2, 0.25) is 0 Å². The molecule has 30 heavy (non-hydrogen) atoms. The fourth-order valence-corrected chi connectivity index (χ4v) is 3.75. The van der Waals surface area contributed by atoms with Crippen molar-refractivity contribution in [1.82, 2.24) is 20.4 Å². The summed E-state index contributed by atoms with van der Waals surface area (Å²) in [5.41, 5.74) is 0.955. The molecule has 3 N–H and O–H groups in total. The van der Waals surface area contributed by atoms with E-state index in [0.29, 0.717) is 47.2 Å². The molecule has 1 saturated heterocycles. The second-order valence-corrected chi connectivity index (χ2v) is 9.19. The summed E-state index contributed by atoms with van der Waals surface area (Å²) in [7, 11) is 2.14. The number of nitrogens with zero attached hydrogens (tertiary/aromatic N) is 2. The molecule has 1 aliphatic heterocycles. The van der Waals surface area contributed by atoms with Crippen LogP contribution in [-0.2, 0) is 0 Å². The molecule has 0 saturated carbocycles. The Morgan fingerprint density at radius 1 is 1.03 bits per heavy atom. The fourth-order valence-electron chi connectivity index (χ4n) is 3.48. The van der Waals surface area contributed by atoms with Crippen molar-refractivity contribution in [3.05, 3.63) is 28.8 Å². The predicted octanol–water partition coefficient (Wildman–Crippen LogP) is 3.12. The summed E-state index contributed by atoms with van der Waals surface area (Å²) in [6.07, 6.45) is 0. The summed E-state index contributed by atoms with van der Waals surface area (Å²) in [6, 6.07) is 4.94. The zero-order valence-corrected chi connectivity index (χ0v) is 19.6. The molecule has 1 aromatic rings. The van der Waals surface area contributed by atoms with E-state index in [1.54, 1.807) is 18.2 Å². The molecule has 7 nitrogen and oxygen atoms in total. The summed E-state index contributed by atoms with van der Waals surface area (Å²) in [6.45, 7) is 13.7. The lowest BCUT2D eigenvalue weighted by Gasteiger charge is -2.39. The van der Waals surface area contributed by atoms with E-state index in [-0.39, 0.29) is 11.9 Å². The summed E-state index contributed by atoms with van der Waals surface area (Å²) in [4.78, 5) is 29.4. The van der Waals surface area contributed by atoms with Crippen LogP contribution in [0.5, 0.6) is 0 Å². The predicted molar refractivity (Wildman–Crippen MR) is 123 cm³/mol. The molecule has 168 valence electrons. The van der Waals surface area contributed by atoms with E-state index >= 15 is 0 Å². The molecule has 1 heterocycles. The van der Waals surface area contributed by atoms with Gasteiger partial charge in [0.1, 0.15) is 0 Å². The van der Waals surface area contributed by atoms with E-state index in [1.165, 1.54) is 0 Å². The molecule has 1 aliphatic rings. The number of rotatable bonds is 8. The molecule has 0 aromatic heterocycles. The summed E-state index contributed by atoms with van der Waals surface area (Å²) in [5.74, 6) is 0.585. The Morgan fingerprint density at radius 3 is 2.27 bits per heavy atom. The zero-order valence-electron chi connectivity index (χ0n) is 18.8. The van der Waals surface area contributed by atoms with Crippen molar-refractivity contribution in [3.8, 4) is 0 Å². The molecule has 0 aliphatic carbocycles. The van der Waals surface area contributed by atoms with Crippen molar-refractivity contribution in [3.63, 3.8) is 0 Å². The number of carbonyl (C=O) groups excluding carboxylic acids is 2. The normalized spacial score (nSPS) is 16.5. The van der Waals surface area contributed by atoms with Crippen LogP contribution in [0.25, 0.3) is 0 Å². The van der Waals surface area contributed by atoms with Gasteiger partial charge in [0, 0.05) is 51.0 Å². The van der Waals surface area contributed by atoms with Gasteiger partial charge in [-0.1, -0.05) is 39.3 Å². The number of carbonyl (C=O) groups is 2. The lowest BCUT2D eigenvalue weighted by atomic mass is 10.0. The fraction of sp³-hybridized carbons (Fsp3) is 0.636. The smallest absolute Gasteiger partial charge is 0.319 e.